The lowest BCUT2D eigenvalue weighted by Crippen LogP contribution is -2.35. The number of rotatable bonds is 5. The second kappa shape index (κ2) is 7.17. The van der Waals surface area contributed by atoms with Crippen molar-refractivity contribution in [1.82, 2.24) is 5.32 Å². The van der Waals surface area contributed by atoms with E-state index in [1.807, 2.05) is 0 Å². The lowest BCUT2D eigenvalue weighted by molar-refractivity contribution is -0.384. The molecule has 0 aromatic heterocycles. The van der Waals surface area contributed by atoms with Crippen LogP contribution in [-0.2, 0) is 0 Å². The van der Waals surface area contributed by atoms with Gasteiger partial charge in [-0.25, -0.2) is 0 Å². The Morgan fingerprint density at radius 2 is 2.05 bits per heavy atom. The van der Waals surface area contributed by atoms with Gasteiger partial charge in [-0.2, -0.15) is 0 Å². The first-order chi connectivity index (χ1) is 10.1. The van der Waals surface area contributed by atoms with Gasteiger partial charge >= 0.3 is 0 Å². The Morgan fingerprint density at radius 3 is 2.71 bits per heavy atom. The third-order valence-electron chi connectivity index (χ3n) is 4.14. The molecule has 114 valence electrons. The normalized spacial score (nSPS) is 21.8. The molecule has 1 aromatic rings. The van der Waals surface area contributed by atoms with Gasteiger partial charge in [0.1, 0.15) is 0 Å². The Hall–Kier alpha value is -1.95. The highest BCUT2D eigenvalue weighted by atomic mass is 16.6. The van der Waals surface area contributed by atoms with E-state index in [0.29, 0.717) is 12.1 Å². The quantitative estimate of drug-likeness (QED) is 0.642. The molecule has 1 saturated carbocycles. The van der Waals surface area contributed by atoms with Crippen molar-refractivity contribution in [3.05, 3.63) is 39.9 Å². The minimum atomic E-state index is -0.514. The molecule has 1 aliphatic rings. The number of nitro benzene ring substituents is 1. The number of non-ortho nitro benzene ring substituents is 1. The lowest BCUT2D eigenvalue weighted by Gasteiger charge is -2.30. The number of aliphatic hydroxyl groups excluding tert-OH is 1. The first kappa shape index (κ1) is 15.4. The molecule has 21 heavy (non-hydrogen) atoms. The minimum Gasteiger partial charge on any atom is -0.396 e. The van der Waals surface area contributed by atoms with Gasteiger partial charge in [-0.15, -0.1) is 0 Å². The van der Waals surface area contributed by atoms with Crippen LogP contribution in [0.25, 0.3) is 0 Å². The van der Waals surface area contributed by atoms with Gasteiger partial charge < -0.3 is 10.4 Å². The van der Waals surface area contributed by atoms with Gasteiger partial charge in [-0.05, 0) is 30.7 Å². The van der Waals surface area contributed by atoms with Crippen LogP contribution >= 0.6 is 0 Å². The fourth-order valence-electron chi connectivity index (χ4n) is 2.88. The van der Waals surface area contributed by atoms with Gasteiger partial charge in [0.15, 0.2) is 0 Å². The molecule has 0 saturated heterocycles. The number of nitrogens with one attached hydrogen (secondary N) is 1. The second-order valence-electron chi connectivity index (χ2n) is 5.50. The monoisotopic (exact) mass is 292 g/mol. The summed E-state index contributed by atoms with van der Waals surface area (Å²) in [5.41, 5.74) is 0.203. The number of hydrogen-bond donors (Lipinski definition) is 2. The zero-order chi connectivity index (χ0) is 15.2. The zero-order valence-electron chi connectivity index (χ0n) is 11.8. The molecule has 6 heteroatoms. The number of carbonyl (C=O) groups excluding carboxylic acids is 1. The van der Waals surface area contributed by atoms with Crippen LogP contribution in [0.15, 0.2) is 24.3 Å². The van der Waals surface area contributed by atoms with Crippen molar-refractivity contribution >= 4 is 11.6 Å². The summed E-state index contributed by atoms with van der Waals surface area (Å²) in [7, 11) is 0. The molecule has 0 bridgehead atoms. The van der Waals surface area contributed by atoms with Gasteiger partial charge in [0.25, 0.3) is 11.6 Å². The second-order valence-corrected chi connectivity index (χ2v) is 5.50. The van der Waals surface area contributed by atoms with Crippen LogP contribution in [0.2, 0.25) is 0 Å². The molecule has 1 aliphatic carbocycles. The highest BCUT2D eigenvalue weighted by Crippen LogP contribution is 2.29. The van der Waals surface area contributed by atoms with Gasteiger partial charge in [-0.1, -0.05) is 18.9 Å². The van der Waals surface area contributed by atoms with E-state index in [1.165, 1.54) is 18.2 Å². The fourth-order valence-corrected chi connectivity index (χ4v) is 2.88. The van der Waals surface area contributed by atoms with Crippen molar-refractivity contribution in [1.29, 1.82) is 0 Å². The number of benzene rings is 1. The van der Waals surface area contributed by atoms with Crippen molar-refractivity contribution in [2.45, 2.75) is 25.7 Å². The van der Waals surface area contributed by atoms with Crippen molar-refractivity contribution in [3.8, 4) is 0 Å². The zero-order valence-corrected chi connectivity index (χ0v) is 11.8. The maximum absolute atomic E-state index is 12.1. The Morgan fingerprint density at radius 1 is 1.33 bits per heavy atom. The van der Waals surface area contributed by atoms with Crippen molar-refractivity contribution < 1.29 is 14.8 Å². The highest BCUT2D eigenvalue weighted by molar-refractivity contribution is 5.94. The van der Waals surface area contributed by atoms with Gasteiger partial charge in [0, 0.05) is 30.8 Å². The van der Waals surface area contributed by atoms with Crippen LogP contribution in [0.4, 0.5) is 5.69 Å². The van der Waals surface area contributed by atoms with Gasteiger partial charge in [0.05, 0.1) is 4.92 Å². The molecule has 2 rings (SSSR count). The fraction of sp³-hybridized carbons (Fsp3) is 0.533. The van der Waals surface area contributed by atoms with E-state index in [-0.39, 0.29) is 30.0 Å². The molecule has 2 N–H and O–H groups in total. The number of carbonyl (C=O) groups is 1. The molecular formula is C15H20N2O4. The molecule has 0 heterocycles. The molecule has 1 amide bonds. The number of aliphatic hydroxyl groups is 1. The maximum atomic E-state index is 12.1. The predicted molar refractivity (Wildman–Crippen MR) is 78.0 cm³/mol. The Balaban J connectivity index is 1.95. The van der Waals surface area contributed by atoms with Gasteiger partial charge in [-0.3, -0.25) is 14.9 Å². The van der Waals surface area contributed by atoms with Crippen molar-refractivity contribution in [2.24, 2.45) is 11.8 Å². The molecule has 1 fully saturated rings. The van der Waals surface area contributed by atoms with E-state index < -0.39 is 4.92 Å². The smallest absolute Gasteiger partial charge is 0.270 e. The number of amides is 1. The highest BCUT2D eigenvalue weighted by Gasteiger charge is 2.25. The lowest BCUT2D eigenvalue weighted by atomic mass is 9.79. The standard InChI is InChI=1S/C15H20N2O4/c18-10-13-5-2-1-4-12(13)9-16-15(19)11-6-3-7-14(8-11)17(20)21/h3,6-8,12-13,18H,1-2,4-5,9-10H2,(H,16,19). The molecule has 2 unspecified atom stereocenters. The average molecular weight is 292 g/mol. The Kier molecular flexibility index (Phi) is 5.27. The van der Waals surface area contributed by atoms with Crippen LogP contribution in [0.3, 0.4) is 0 Å². The largest absolute Gasteiger partial charge is 0.396 e. The summed E-state index contributed by atoms with van der Waals surface area (Å²) >= 11 is 0. The van der Waals surface area contributed by atoms with E-state index in [1.54, 1.807) is 6.07 Å². The van der Waals surface area contributed by atoms with Crippen LogP contribution in [0.1, 0.15) is 36.0 Å². The topological polar surface area (TPSA) is 92.5 Å². The summed E-state index contributed by atoms with van der Waals surface area (Å²) in [6, 6.07) is 5.70. The average Bonchev–Trinajstić information content (AvgIpc) is 2.52. The predicted octanol–water partition coefficient (Wildman–Crippen LogP) is 2.12. The third kappa shape index (κ3) is 4.01. The molecule has 1 aromatic carbocycles. The van der Waals surface area contributed by atoms with Crippen LogP contribution in [0, 0.1) is 22.0 Å². The number of nitrogens with zero attached hydrogens (tertiary/aromatic N) is 1. The van der Waals surface area contributed by atoms with Crippen LogP contribution in [-0.4, -0.2) is 29.1 Å². The van der Waals surface area contributed by atoms with E-state index in [4.69, 9.17) is 0 Å². The summed E-state index contributed by atoms with van der Waals surface area (Å²) in [5.74, 6) is 0.219. The summed E-state index contributed by atoms with van der Waals surface area (Å²) in [5, 5.41) is 22.9. The molecule has 0 aliphatic heterocycles. The molecular weight excluding hydrogens is 272 g/mol. The summed E-state index contributed by atoms with van der Waals surface area (Å²) < 4.78 is 0. The van der Waals surface area contributed by atoms with E-state index in [9.17, 15) is 20.0 Å². The van der Waals surface area contributed by atoms with E-state index in [0.717, 1.165) is 25.7 Å². The van der Waals surface area contributed by atoms with E-state index in [2.05, 4.69) is 5.32 Å². The Bertz CT molecular complexity index is 518. The SMILES string of the molecule is O=C(NCC1CCCCC1CO)c1cccc([N+](=O)[O-])c1. The van der Waals surface area contributed by atoms with Crippen LogP contribution < -0.4 is 5.32 Å². The summed E-state index contributed by atoms with van der Waals surface area (Å²) in [4.78, 5) is 22.3. The number of hydrogen-bond acceptors (Lipinski definition) is 4. The molecule has 0 radical (unpaired) electrons. The van der Waals surface area contributed by atoms with Gasteiger partial charge in [0.2, 0.25) is 0 Å². The number of nitro groups is 1. The molecule has 0 spiro atoms. The molecule has 2 atom stereocenters. The summed E-state index contributed by atoms with van der Waals surface area (Å²) in [6.07, 6.45) is 4.24. The maximum Gasteiger partial charge on any atom is 0.270 e. The van der Waals surface area contributed by atoms with E-state index >= 15 is 0 Å². The van der Waals surface area contributed by atoms with Crippen molar-refractivity contribution in [2.75, 3.05) is 13.2 Å². The first-order valence-electron chi connectivity index (χ1n) is 7.25. The molecule has 6 nitrogen and oxygen atoms in total. The van der Waals surface area contributed by atoms with Crippen molar-refractivity contribution in [3.63, 3.8) is 0 Å². The Labute approximate surface area is 123 Å². The third-order valence-corrected chi connectivity index (χ3v) is 4.14. The first-order valence-corrected chi connectivity index (χ1v) is 7.25. The minimum absolute atomic E-state index is 0.0893. The summed E-state index contributed by atoms with van der Waals surface area (Å²) in [6.45, 7) is 0.657. The van der Waals surface area contributed by atoms with Crippen LogP contribution in [0.5, 0.6) is 0 Å².